The highest BCUT2D eigenvalue weighted by Crippen LogP contribution is 2.29. The number of sulfonamides is 1. The number of anilines is 1. The highest BCUT2D eigenvalue weighted by Gasteiger charge is 2.35. The third-order valence-corrected chi connectivity index (χ3v) is 10.0. The van der Waals surface area contributed by atoms with E-state index in [-0.39, 0.29) is 23.8 Å². The Morgan fingerprint density at radius 2 is 1.49 bits per heavy atom. The lowest BCUT2D eigenvalue weighted by atomic mass is 10.0. The van der Waals surface area contributed by atoms with Gasteiger partial charge in [0.25, 0.3) is 10.0 Å². The number of amides is 2. The quantitative estimate of drug-likeness (QED) is 0.170. The topological polar surface area (TPSA) is 86.8 Å². The fraction of sp³-hybridized carbons (Fsp3) is 0.257. The first-order valence-corrected chi connectivity index (χ1v) is 17.0. The van der Waals surface area contributed by atoms with Crippen LogP contribution in [0.5, 0.6) is 0 Å². The number of hydrogen-bond acceptors (Lipinski definition) is 4. The van der Waals surface area contributed by atoms with Gasteiger partial charge in [0.15, 0.2) is 0 Å². The normalized spacial score (nSPS) is 11.9. The van der Waals surface area contributed by atoms with Crippen molar-refractivity contribution in [3.8, 4) is 0 Å². The van der Waals surface area contributed by atoms with Crippen molar-refractivity contribution in [3.63, 3.8) is 0 Å². The maximum Gasteiger partial charge on any atom is 0.264 e. The fourth-order valence-electron chi connectivity index (χ4n) is 5.08. The Balaban J connectivity index is 1.83. The first-order valence-electron chi connectivity index (χ1n) is 14.8. The minimum absolute atomic E-state index is 0.00179. The lowest BCUT2D eigenvalue weighted by molar-refractivity contribution is -0.140. The van der Waals surface area contributed by atoms with Gasteiger partial charge in [-0.3, -0.25) is 13.9 Å². The highest BCUT2D eigenvalue weighted by molar-refractivity contribution is 7.92. The van der Waals surface area contributed by atoms with Gasteiger partial charge in [-0.2, -0.15) is 0 Å². The first-order chi connectivity index (χ1) is 21.5. The van der Waals surface area contributed by atoms with Crippen molar-refractivity contribution in [2.24, 2.45) is 0 Å². The van der Waals surface area contributed by atoms with Crippen LogP contribution < -0.4 is 9.62 Å². The van der Waals surface area contributed by atoms with E-state index in [9.17, 15) is 18.0 Å². The summed E-state index contributed by atoms with van der Waals surface area (Å²) in [7, 11) is -4.19. The zero-order chi connectivity index (χ0) is 32.6. The molecule has 45 heavy (non-hydrogen) atoms. The standard InChI is InChI=1S/C35H37Cl2N3O4S/c1-4-28-13-9-10-14-32(28)40(45(43,44)29-18-15-25(3)16-19-29)24-34(41)39(23-27-17-20-30(36)31(37)21-27)33(35(42)38-5-2)22-26-11-7-6-8-12-26/h6-21,33H,4-5,22-24H2,1-3H3,(H,38,42). The van der Waals surface area contributed by atoms with Gasteiger partial charge in [-0.05, 0) is 67.3 Å². The van der Waals surface area contributed by atoms with Crippen molar-refractivity contribution in [3.05, 3.63) is 129 Å². The molecule has 0 radical (unpaired) electrons. The van der Waals surface area contributed by atoms with Crippen LogP contribution in [0.4, 0.5) is 5.69 Å². The number of nitrogens with zero attached hydrogens (tertiary/aromatic N) is 2. The molecule has 0 saturated heterocycles. The third kappa shape index (κ3) is 8.45. The third-order valence-electron chi connectivity index (χ3n) is 7.49. The van der Waals surface area contributed by atoms with Crippen molar-refractivity contribution in [1.29, 1.82) is 0 Å². The minimum Gasteiger partial charge on any atom is -0.355 e. The molecule has 0 aromatic heterocycles. The van der Waals surface area contributed by atoms with E-state index in [2.05, 4.69) is 5.32 Å². The Hall–Kier alpha value is -3.85. The van der Waals surface area contributed by atoms with E-state index >= 15 is 0 Å². The molecule has 1 atom stereocenters. The lowest BCUT2D eigenvalue weighted by Crippen LogP contribution is -2.53. The molecular formula is C35H37Cl2N3O4S. The predicted molar refractivity (Wildman–Crippen MR) is 181 cm³/mol. The number of nitrogens with one attached hydrogen (secondary N) is 1. The summed E-state index contributed by atoms with van der Waals surface area (Å²) < 4.78 is 29.7. The average molecular weight is 667 g/mol. The summed E-state index contributed by atoms with van der Waals surface area (Å²) in [5, 5.41) is 3.52. The van der Waals surface area contributed by atoms with Crippen LogP contribution in [0.1, 0.15) is 36.1 Å². The smallest absolute Gasteiger partial charge is 0.264 e. The zero-order valence-electron chi connectivity index (χ0n) is 25.5. The Kier molecular flexibility index (Phi) is 11.7. The number of carbonyl (C=O) groups is 2. The van der Waals surface area contributed by atoms with Gasteiger partial charge in [-0.15, -0.1) is 0 Å². The van der Waals surface area contributed by atoms with E-state index in [0.717, 1.165) is 21.0 Å². The van der Waals surface area contributed by atoms with Crippen LogP contribution in [-0.4, -0.2) is 44.3 Å². The van der Waals surface area contributed by atoms with Crippen LogP contribution in [0, 0.1) is 6.92 Å². The van der Waals surface area contributed by atoms with Gasteiger partial charge in [-0.1, -0.05) is 102 Å². The molecule has 0 heterocycles. The Morgan fingerprint density at radius 3 is 2.13 bits per heavy atom. The molecule has 0 aliphatic heterocycles. The summed E-state index contributed by atoms with van der Waals surface area (Å²) in [6.07, 6.45) is 0.767. The van der Waals surface area contributed by atoms with Crippen molar-refractivity contribution in [2.45, 2.75) is 51.1 Å². The van der Waals surface area contributed by atoms with E-state index in [1.165, 1.54) is 17.0 Å². The van der Waals surface area contributed by atoms with Gasteiger partial charge in [0, 0.05) is 19.5 Å². The SMILES string of the molecule is CCNC(=O)C(Cc1ccccc1)N(Cc1ccc(Cl)c(Cl)c1)C(=O)CN(c1ccccc1CC)S(=O)(=O)c1ccc(C)cc1. The second kappa shape index (κ2) is 15.4. The van der Waals surface area contributed by atoms with E-state index < -0.39 is 28.5 Å². The molecule has 2 amide bonds. The van der Waals surface area contributed by atoms with E-state index in [1.54, 1.807) is 49.4 Å². The summed E-state index contributed by atoms with van der Waals surface area (Å²) in [6.45, 7) is 5.44. The zero-order valence-corrected chi connectivity index (χ0v) is 27.9. The predicted octanol–water partition coefficient (Wildman–Crippen LogP) is 6.84. The molecule has 0 spiro atoms. The first kappa shape index (κ1) is 34.0. The van der Waals surface area contributed by atoms with Gasteiger partial charge >= 0.3 is 0 Å². The largest absolute Gasteiger partial charge is 0.355 e. The van der Waals surface area contributed by atoms with E-state index in [4.69, 9.17) is 23.2 Å². The molecular weight excluding hydrogens is 629 g/mol. The number of carbonyl (C=O) groups excluding carboxylic acids is 2. The molecule has 1 unspecified atom stereocenters. The Morgan fingerprint density at radius 1 is 0.822 bits per heavy atom. The number of halogens is 2. The number of hydrogen-bond donors (Lipinski definition) is 1. The highest BCUT2D eigenvalue weighted by atomic mass is 35.5. The van der Waals surface area contributed by atoms with Crippen LogP contribution in [0.3, 0.4) is 0 Å². The second-order valence-corrected chi connectivity index (χ2v) is 13.4. The van der Waals surface area contributed by atoms with Gasteiger partial charge in [0.1, 0.15) is 12.6 Å². The Labute approximate surface area is 275 Å². The summed E-state index contributed by atoms with van der Waals surface area (Å²) in [6, 6.07) is 27.1. The summed E-state index contributed by atoms with van der Waals surface area (Å²) >= 11 is 12.5. The molecule has 0 fully saturated rings. The molecule has 4 aromatic rings. The van der Waals surface area contributed by atoms with Crippen LogP contribution in [0.2, 0.25) is 10.0 Å². The van der Waals surface area contributed by atoms with E-state index in [0.29, 0.717) is 34.3 Å². The number of para-hydroxylation sites is 1. The minimum atomic E-state index is -4.19. The Bertz CT molecular complexity index is 1730. The number of benzene rings is 4. The number of aryl methyl sites for hydroxylation is 2. The molecule has 10 heteroatoms. The molecule has 0 aliphatic carbocycles. The van der Waals surface area contributed by atoms with Crippen LogP contribution in [-0.2, 0) is 39.0 Å². The monoisotopic (exact) mass is 665 g/mol. The molecule has 4 aromatic carbocycles. The van der Waals surface area contributed by atoms with Crippen molar-refractivity contribution < 1.29 is 18.0 Å². The number of likely N-dealkylation sites (N-methyl/N-ethyl adjacent to an activating group) is 1. The summed E-state index contributed by atoms with van der Waals surface area (Å²) in [4.78, 5) is 29.7. The van der Waals surface area contributed by atoms with Crippen LogP contribution >= 0.6 is 23.2 Å². The van der Waals surface area contributed by atoms with Gasteiger partial charge in [0.2, 0.25) is 11.8 Å². The van der Waals surface area contributed by atoms with E-state index in [1.807, 2.05) is 56.3 Å². The molecule has 1 N–H and O–H groups in total. The molecule has 0 aliphatic rings. The van der Waals surface area contributed by atoms with Crippen molar-refractivity contribution >= 4 is 50.7 Å². The fourth-order valence-corrected chi connectivity index (χ4v) is 6.86. The van der Waals surface area contributed by atoms with Crippen molar-refractivity contribution in [2.75, 3.05) is 17.4 Å². The molecule has 236 valence electrons. The van der Waals surface area contributed by atoms with Crippen LogP contribution in [0.15, 0.2) is 102 Å². The molecule has 0 saturated carbocycles. The maximum absolute atomic E-state index is 14.5. The average Bonchev–Trinajstić information content (AvgIpc) is 3.03. The van der Waals surface area contributed by atoms with Gasteiger partial charge in [0.05, 0.1) is 20.6 Å². The number of rotatable bonds is 13. The second-order valence-electron chi connectivity index (χ2n) is 10.7. The summed E-state index contributed by atoms with van der Waals surface area (Å²) in [5.41, 5.74) is 3.56. The maximum atomic E-state index is 14.5. The van der Waals surface area contributed by atoms with Crippen LogP contribution in [0.25, 0.3) is 0 Å². The summed E-state index contributed by atoms with van der Waals surface area (Å²) in [5.74, 6) is -0.897. The van der Waals surface area contributed by atoms with Gasteiger partial charge in [-0.25, -0.2) is 8.42 Å². The molecule has 7 nitrogen and oxygen atoms in total. The molecule has 0 bridgehead atoms. The lowest BCUT2D eigenvalue weighted by Gasteiger charge is -2.34. The van der Waals surface area contributed by atoms with Gasteiger partial charge < -0.3 is 10.2 Å². The van der Waals surface area contributed by atoms with Crippen molar-refractivity contribution in [1.82, 2.24) is 10.2 Å². The molecule has 4 rings (SSSR count).